The van der Waals surface area contributed by atoms with Gasteiger partial charge in [-0.1, -0.05) is 59.6 Å². The molecule has 0 heterocycles. The SMILES string of the molecule is CCCCc1cc[c]c(-c2ccc(Br)cc2)c1. The predicted octanol–water partition coefficient (Wildman–Crippen LogP) is 5.26. The lowest BCUT2D eigenvalue weighted by molar-refractivity contribution is 0.795. The fraction of sp³-hybridized carbons (Fsp3) is 0.250. The van der Waals surface area contributed by atoms with Crippen LogP contribution in [0.2, 0.25) is 0 Å². The molecule has 0 aliphatic heterocycles. The van der Waals surface area contributed by atoms with E-state index in [-0.39, 0.29) is 0 Å². The molecular weight excluding hydrogens is 272 g/mol. The Morgan fingerprint density at radius 3 is 2.59 bits per heavy atom. The summed E-state index contributed by atoms with van der Waals surface area (Å²) < 4.78 is 1.11. The first-order chi connectivity index (χ1) is 8.29. The molecule has 0 N–H and O–H groups in total. The summed E-state index contributed by atoms with van der Waals surface area (Å²) in [6.45, 7) is 2.23. The van der Waals surface area contributed by atoms with Crippen LogP contribution in [0, 0.1) is 6.07 Å². The summed E-state index contributed by atoms with van der Waals surface area (Å²) in [5.74, 6) is 0. The molecule has 87 valence electrons. The van der Waals surface area contributed by atoms with E-state index in [1.54, 1.807) is 0 Å². The largest absolute Gasteiger partial charge is 0.0654 e. The van der Waals surface area contributed by atoms with Gasteiger partial charge in [0.05, 0.1) is 0 Å². The van der Waals surface area contributed by atoms with Crippen LogP contribution in [0.5, 0.6) is 0 Å². The smallest absolute Gasteiger partial charge is 0.0175 e. The Labute approximate surface area is 112 Å². The molecule has 0 saturated carbocycles. The van der Waals surface area contributed by atoms with E-state index in [4.69, 9.17) is 0 Å². The minimum atomic E-state index is 1.11. The summed E-state index contributed by atoms with van der Waals surface area (Å²) in [7, 11) is 0. The molecule has 0 aliphatic rings. The Hall–Kier alpha value is -1.08. The summed E-state index contributed by atoms with van der Waals surface area (Å²) in [6, 6.07) is 18.1. The standard InChI is InChI=1S/C16H16Br/c1-2-3-5-13-6-4-7-15(12-13)14-8-10-16(17)11-9-14/h4,6,8-12H,2-3,5H2,1H3. The lowest BCUT2D eigenvalue weighted by atomic mass is 10.0. The molecule has 0 spiro atoms. The summed E-state index contributed by atoms with van der Waals surface area (Å²) in [6.07, 6.45) is 3.66. The Bertz CT molecular complexity index is 471. The third-order valence-corrected chi connectivity index (χ3v) is 3.37. The van der Waals surface area contributed by atoms with Crippen LogP contribution in [-0.4, -0.2) is 0 Å². The third kappa shape index (κ3) is 3.44. The van der Waals surface area contributed by atoms with Gasteiger partial charge in [-0.15, -0.1) is 0 Å². The minimum Gasteiger partial charge on any atom is -0.0654 e. The Kier molecular flexibility index (Phi) is 4.38. The molecule has 0 nitrogen and oxygen atoms in total. The Morgan fingerprint density at radius 1 is 1.12 bits per heavy atom. The van der Waals surface area contributed by atoms with Gasteiger partial charge in [0.25, 0.3) is 0 Å². The van der Waals surface area contributed by atoms with Crippen molar-refractivity contribution in [1.29, 1.82) is 0 Å². The van der Waals surface area contributed by atoms with Crippen molar-refractivity contribution < 1.29 is 0 Å². The van der Waals surface area contributed by atoms with Gasteiger partial charge in [0.2, 0.25) is 0 Å². The average molecular weight is 288 g/mol. The van der Waals surface area contributed by atoms with Gasteiger partial charge in [0.15, 0.2) is 0 Å². The van der Waals surface area contributed by atoms with Crippen molar-refractivity contribution in [3.05, 3.63) is 58.6 Å². The molecule has 0 aliphatic carbocycles. The van der Waals surface area contributed by atoms with Gasteiger partial charge >= 0.3 is 0 Å². The topological polar surface area (TPSA) is 0 Å². The van der Waals surface area contributed by atoms with Gasteiger partial charge in [-0.05, 0) is 47.7 Å². The lowest BCUT2D eigenvalue weighted by Crippen LogP contribution is -1.86. The summed E-state index contributed by atoms with van der Waals surface area (Å²) in [5.41, 5.74) is 3.82. The van der Waals surface area contributed by atoms with Crippen LogP contribution in [0.25, 0.3) is 11.1 Å². The van der Waals surface area contributed by atoms with E-state index in [0.717, 1.165) is 10.9 Å². The number of halogens is 1. The molecule has 0 amide bonds. The molecule has 0 saturated heterocycles. The van der Waals surface area contributed by atoms with Crippen molar-refractivity contribution in [2.45, 2.75) is 26.2 Å². The number of rotatable bonds is 4. The highest BCUT2D eigenvalue weighted by atomic mass is 79.9. The molecule has 1 heteroatoms. The first kappa shape index (κ1) is 12.4. The third-order valence-electron chi connectivity index (χ3n) is 2.84. The zero-order valence-electron chi connectivity index (χ0n) is 10.0. The van der Waals surface area contributed by atoms with Gasteiger partial charge in [0, 0.05) is 4.47 Å². The molecule has 2 aromatic carbocycles. The first-order valence-electron chi connectivity index (χ1n) is 6.06. The lowest BCUT2D eigenvalue weighted by Gasteiger charge is -2.05. The predicted molar refractivity (Wildman–Crippen MR) is 77.0 cm³/mol. The second-order valence-corrected chi connectivity index (χ2v) is 5.14. The fourth-order valence-electron chi connectivity index (χ4n) is 1.85. The second kappa shape index (κ2) is 6.02. The number of hydrogen-bond donors (Lipinski definition) is 0. The van der Waals surface area contributed by atoms with E-state index in [0.29, 0.717) is 0 Å². The van der Waals surface area contributed by atoms with E-state index < -0.39 is 0 Å². The highest BCUT2D eigenvalue weighted by Gasteiger charge is 1.99. The monoisotopic (exact) mass is 287 g/mol. The fourth-order valence-corrected chi connectivity index (χ4v) is 2.11. The van der Waals surface area contributed by atoms with Crippen LogP contribution in [0.1, 0.15) is 25.3 Å². The van der Waals surface area contributed by atoms with E-state index in [1.807, 2.05) is 6.07 Å². The highest BCUT2D eigenvalue weighted by Crippen LogP contribution is 2.22. The highest BCUT2D eigenvalue weighted by molar-refractivity contribution is 9.10. The van der Waals surface area contributed by atoms with E-state index in [2.05, 4.69) is 65.3 Å². The molecule has 0 fully saturated rings. The average Bonchev–Trinajstić information content (AvgIpc) is 2.37. The van der Waals surface area contributed by atoms with Crippen LogP contribution in [0.15, 0.2) is 46.9 Å². The molecule has 0 atom stereocenters. The van der Waals surface area contributed by atoms with Gasteiger partial charge in [-0.2, -0.15) is 0 Å². The van der Waals surface area contributed by atoms with E-state index in [9.17, 15) is 0 Å². The van der Waals surface area contributed by atoms with Crippen molar-refractivity contribution in [2.75, 3.05) is 0 Å². The molecule has 1 radical (unpaired) electrons. The first-order valence-corrected chi connectivity index (χ1v) is 6.85. The maximum absolute atomic E-state index is 3.46. The molecule has 2 rings (SSSR count). The zero-order valence-corrected chi connectivity index (χ0v) is 11.6. The van der Waals surface area contributed by atoms with E-state index >= 15 is 0 Å². The summed E-state index contributed by atoms with van der Waals surface area (Å²) in [5, 5.41) is 0. The molecule has 0 bridgehead atoms. The number of hydrogen-bond acceptors (Lipinski definition) is 0. The second-order valence-electron chi connectivity index (χ2n) is 4.22. The minimum absolute atomic E-state index is 1.11. The number of benzene rings is 2. The van der Waals surface area contributed by atoms with Crippen LogP contribution in [0.3, 0.4) is 0 Å². The molecule has 0 unspecified atom stereocenters. The zero-order chi connectivity index (χ0) is 12.1. The maximum atomic E-state index is 3.46. The van der Waals surface area contributed by atoms with Crippen molar-refractivity contribution in [2.24, 2.45) is 0 Å². The normalized spacial score (nSPS) is 10.5. The molecule has 17 heavy (non-hydrogen) atoms. The van der Waals surface area contributed by atoms with Crippen LogP contribution < -0.4 is 0 Å². The van der Waals surface area contributed by atoms with Crippen LogP contribution in [-0.2, 0) is 6.42 Å². The van der Waals surface area contributed by atoms with Gasteiger partial charge < -0.3 is 0 Å². The van der Waals surface area contributed by atoms with Crippen molar-refractivity contribution in [1.82, 2.24) is 0 Å². The summed E-state index contributed by atoms with van der Waals surface area (Å²) in [4.78, 5) is 0. The maximum Gasteiger partial charge on any atom is 0.0175 e. The van der Waals surface area contributed by atoms with Crippen LogP contribution >= 0.6 is 15.9 Å². The van der Waals surface area contributed by atoms with Crippen LogP contribution in [0.4, 0.5) is 0 Å². The molecule has 0 aromatic heterocycles. The quantitative estimate of drug-likeness (QED) is 0.720. The molecule has 2 aromatic rings. The number of aryl methyl sites for hydroxylation is 1. The number of unbranched alkanes of at least 4 members (excludes halogenated alkanes) is 1. The Balaban J connectivity index is 2.23. The van der Waals surface area contributed by atoms with Crippen molar-refractivity contribution in [3.63, 3.8) is 0 Å². The molecular formula is C16H16Br. The van der Waals surface area contributed by atoms with Gasteiger partial charge in [0.1, 0.15) is 0 Å². The van der Waals surface area contributed by atoms with Crippen molar-refractivity contribution >= 4 is 15.9 Å². The van der Waals surface area contributed by atoms with Crippen molar-refractivity contribution in [3.8, 4) is 11.1 Å². The van der Waals surface area contributed by atoms with Gasteiger partial charge in [-0.3, -0.25) is 0 Å². The summed E-state index contributed by atoms with van der Waals surface area (Å²) >= 11 is 3.46. The van der Waals surface area contributed by atoms with E-state index in [1.165, 1.54) is 29.5 Å². The Morgan fingerprint density at radius 2 is 1.88 bits per heavy atom. The van der Waals surface area contributed by atoms with Gasteiger partial charge in [-0.25, -0.2) is 0 Å².